The molecule has 4 heteroatoms. The summed E-state index contributed by atoms with van der Waals surface area (Å²) in [4.78, 5) is 11.5. The van der Waals surface area contributed by atoms with E-state index in [2.05, 4.69) is 5.32 Å². The molecule has 4 nitrogen and oxygen atoms in total. The van der Waals surface area contributed by atoms with Gasteiger partial charge >= 0.3 is 5.97 Å². The standard InChI is InChI=1S/C10H21NO3/c1-6-14-8(2)7-10(3,11-4)9(12)13-5/h8,11H,6-7H2,1-5H3. The van der Waals surface area contributed by atoms with Crippen LogP contribution in [-0.4, -0.2) is 38.4 Å². The van der Waals surface area contributed by atoms with Crippen LogP contribution in [0.2, 0.25) is 0 Å². The summed E-state index contributed by atoms with van der Waals surface area (Å²) in [6.07, 6.45) is 0.640. The van der Waals surface area contributed by atoms with Crippen molar-refractivity contribution in [3.63, 3.8) is 0 Å². The summed E-state index contributed by atoms with van der Waals surface area (Å²) >= 11 is 0. The monoisotopic (exact) mass is 203 g/mol. The lowest BCUT2D eigenvalue weighted by Gasteiger charge is -2.28. The Morgan fingerprint density at radius 2 is 2.14 bits per heavy atom. The number of carbonyl (C=O) groups excluding carboxylic acids is 1. The normalized spacial score (nSPS) is 17.2. The van der Waals surface area contributed by atoms with Crippen molar-refractivity contribution in [2.24, 2.45) is 0 Å². The van der Waals surface area contributed by atoms with Gasteiger partial charge in [-0.3, -0.25) is 4.79 Å². The molecule has 14 heavy (non-hydrogen) atoms. The first kappa shape index (κ1) is 13.4. The molecule has 0 aromatic carbocycles. The molecule has 0 radical (unpaired) electrons. The molecule has 0 bridgehead atoms. The number of methoxy groups -OCH3 is 1. The minimum Gasteiger partial charge on any atom is -0.468 e. The van der Waals surface area contributed by atoms with Crippen molar-refractivity contribution in [3.05, 3.63) is 0 Å². The summed E-state index contributed by atoms with van der Waals surface area (Å²) in [6, 6.07) is 0. The molecule has 2 atom stereocenters. The highest BCUT2D eigenvalue weighted by Gasteiger charge is 2.34. The van der Waals surface area contributed by atoms with Crippen LogP contribution in [0, 0.1) is 0 Å². The van der Waals surface area contributed by atoms with Crippen LogP contribution in [-0.2, 0) is 14.3 Å². The van der Waals surface area contributed by atoms with E-state index in [1.165, 1.54) is 7.11 Å². The summed E-state index contributed by atoms with van der Waals surface area (Å²) in [5.74, 6) is -0.258. The van der Waals surface area contributed by atoms with E-state index in [0.717, 1.165) is 0 Å². The Hall–Kier alpha value is -0.610. The van der Waals surface area contributed by atoms with E-state index in [9.17, 15) is 4.79 Å². The summed E-state index contributed by atoms with van der Waals surface area (Å²) in [5, 5.41) is 2.96. The van der Waals surface area contributed by atoms with Crippen LogP contribution < -0.4 is 5.32 Å². The molecule has 0 fully saturated rings. The Morgan fingerprint density at radius 3 is 2.50 bits per heavy atom. The van der Waals surface area contributed by atoms with Crippen molar-refractivity contribution in [1.82, 2.24) is 5.32 Å². The van der Waals surface area contributed by atoms with Crippen LogP contribution in [0.3, 0.4) is 0 Å². The fourth-order valence-electron chi connectivity index (χ4n) is 1.43. The predicted octanol–water partition coefficient (Wildman–Crippen LogP) is 0.953. The molecule has 0 amide bonds. The molecule has 0 spiro atoms. The minimum absolute atomic E-state index is 0.0385. The smallest absolute Gasteiger partial charge is 0.325 e. The summed E-state index contributed by atoms with van der Waals surface area (Å²) < 4.78 is 10.1. The molecule has 0 aromatic rings. The van der Waals surface area contributed by atoms with Gasteiger partial charge in [-0.05, 0) is 27.8 Å². The summed E-state index contributed by atoms with van der Waals surface area (Å²) in [7, 11) is 3.14. The SMILES string of the molecule is CCOC(C)CC(C)(NC)C(=O)OC. The number of hydrogen-bond acceptors (Lipinski definition) is 4. The molecule has 84 valence electrons. The molecule has 0 rings (SSSR count). The van der Waals surface area contributed by atoms with Crippen molar-refractivity contribution < 1.29 is 14.3 Å². The molecule has 0 aliphatic heterocycles. The number of likely N-dealkylation sites (N-methyl/N-ethyl adjacent to an activating group) is 1. The fraction of sp³-hybridized carbons (Fsp3) is 0.900. The summed E-state index contributed by atoms with van der Waals surface area (Å²) in [5.41, 5.74) is -0.663. The van der Waals surface area contributed by atoms with Crippen molar-refractivity contribution in [2.75, 3.05) is 20.8 Å². The Balaban J connectivity index is 4.31. The highest BCUT2D eigenvalue weighted by Crippen LogP contribution is 2.15. The summed E-state index contributed by atoms with van der Waals surface area (Å²) in [6.45, 7) is 6.35. The van der Waals surface area contributed by atoms with Gasteiger partial charge in [0.15, 0.2) is 0 Å². The van der Waals surface area contributed by atoms with Crippen LogP contribution in [0.25, 0.3) is 0 Å². The van der Waals surface area contributed by atoms with Crippen LogP contribution in [0.1, 0.15) is 27.2 Å². The second-order valence-corrected chi connectivity index (χ2v) is 3.54. The lowest BCUT2D eigenvalue weighted by atomic mass is 9.95. The van der Waals surface area contributed by atoms with E-state index in [-0.39, 0.29) is 12.1 Å². The maximum Gasteiger partial charge on any atom is 0.325 e. The number of ether oxygens (including phenoxy) is 2. The van der Waals surface area contributed by atoms with Gasteiger partial charge in [-0.2, -0.15) is 0 Å². The van der Waals surface area contributed by atoms with Crippen molar-refractivity contribution in [1.29, 1.82) is 0 Å². The van der Waals surface area contributed by atoms with Gasteiger partial charge in [0.1, 0.15) is 5.54 Å². The van der Waals surface area contributed by atoms with Crippen LogP contribution >= 0.6 is 0 Å². The third-order valence-electron chi connectivity index (χ3n) is 2.33. The largest absolute Gasteiger partial charge is 0.468 e. The van der Waals surface area contributed by atoms with Gasteiger partial charge in [-0.15, -0.1) is 0 Å². The first-order valence-corrected chi connectivity index (χ1v) is 4.89. The molecule has 0 heterocycles. The maximum absolute atomic E-state index is 11.5. The fourth-order valence-corrected chi connectivity index (χ4v) is 1.43. The van der Waals surface area contributed by atoms with Crippen LogP contribution in [0.5, 0.6) is 0 Å². The topological polar surface area (TPSA) is 47.6 Å². The second kappa shape index (κ2) is 5.98. The molecule has 0 aromatic heterocycles. The third kappa shape index (κ3) is 3.64. The zero-order valence-electron chi connectivity index (χ0n) is 9.72. The van der Waals surface area contributed by atoms with E-state index in [1.54, 1.807) is 7.05 Å². The zero-order chi connectivity index (χ0) is 11.2. The van der Waals surface area contributed by atoms with Gasteiger partial charge in [0.25, 0.3) is 0 Å². The van der Waals surface area contributed by atoms with Crippen molar-refractivity contribution >= 4 is 5.97 Å². The zero-order valence-corrected chi connectivity index (χ0v) is 9.72. The first-order valence-electron chi connectivity index (χ1n) is 4.89. The molecule has 1 N–H and O–H groups in total. The quantitative estimate of drug-likeness (QED) is 0.653. The molecule has 0 aliphatic rings. The number of hydrogen-bond donors (Lipinski definition) is 1. The van der Waals surface area contributed by atoms with E-state index in [0.29, 0.717) is 13.0 Å². The van der Waals surface area contributed by atoms with Gasteiger partial charge in [0, 0.05) is 13.0 Å². The number of esters is 1. The second-order valence-electron chi connectivity index (χ2n) is 3.54. The maximum atomic E-state index is 11.5. The van der Waals surface area contributed by atoms with Gasteiger partial charge in [-0.1, -0.05) is 0 Å². The lowest BCUT2D eigenvalue weighted by Crippen LogP contribution is -2.50. The number of nitrogens with one attached hydrogen (secondary N) is 1. The Kier molecular flexibility index (Phi) is 5.72. The molecule has 0 aliphatic carbocycles. The molecule has 0 saturated carbocycles. The van der Waals surface area contributed by atoms with Crippen molar-refractivity contribution in [2.45, 2.75) is 38.8 Å². The third-order valence-corrected chi connectivity index (χ3v) is 2.33. The lowest BCUT2D eigenvalue weighted by molar-refractivity contribution is -0.149. The molecular formula is C10H21NO3. The predicted molar refractivity (Wildman–Crippen MR) is 55.2 cm³/mol. The Bertz CT molecular complexity index is 184. The Morgan fingerprint density at radius 1 is 1.57 bits per heavy atom. The van der Waals surface area contributed by atoms with Crippen LogP contribution in [0.15, 0.2) is 0 Å². The molecule has 0 saturated heterocycles. The highest BCUT2D eigenvalue weighted by atomic mass is 16.5. The van der Waals surface area contributed by atoms with Gasteiger partial charge in [0.05, 0.1) is 13.2 Å². The van der Waals surface area contributed by atoms with Gasteiger partial charge < -0.3 is 14.8 Å². The molecular weight excluding hydrogens is 182 g/mol. The van der Waals surface area contributed by atoms with E-state index >= 15 is 0 Å². The van der Waals surface area contributed by atoms with E-state index in [4.69, 9.17) is 9.47 Å². The van der Waals surface area contributed by atoms with Crippen molar-refractivity contribution in [3.8, 4) is 0 Å². The number of rotatable bonds is 6. The average Bonchev–Trinajstić information content (AvgIpc) is 2.16. The van der Waals surface area contributed by atoms with Gasteiger partial charge in [-0.25, -0.2) is 0 Å². The Labute approximate surface area is 86.0 Å². The van der Waals surface area contributed by atoms with E-state index < -0.39 is 5.54 Å². The average molecular weight is 203 g/mol. The minimum atomic E-state index is -0.663. The highest BCUT2D eigenvalue weighted by molar-refractivity contribution is 5.80. The van der Waals surface area contributed by atoms with Crippen LogP contribution in [0.4, 0.5) is 0 Å². The first-order chi connectivity index (χ1) is 6.50. The van der Waals surface area contributed by atoms with E-state index in [1.807, 2.05) is 20.8 Å². The van der Waals surface area contributed by atoms with Gasteiger partial charge in [0.2, 0.25) is 0 Å². The molecule has 2 unspecified atom stereocenters. The number of carbonyl (C=O) groups is 1.